The van der Waals surface area contributed by atoms with Crippen LogP contribution < -0.4 is 14.8 Å². The zero-order valence-corrected chi connectivity index (χ0v) is 18.0. The Kier molecular flexibility index (Phi) is 6.60. The molecule has 6 heteroatoms. The summed E-state index contributed by atoms with van der Waals surface area (Å²) in [6.07, 6.45) is 0. The molecule has 3 aromatic carbocycles. The molecule has 0 aliphatic rings. The summed E-state index contributed by atoms with van der Waals surface area (Å²) in [6.45, 7) is 5.46. The number of carbonyl (C=O) groups excluding carboxylic acids is 2. The van der Waals surface area contributed by atoms with E-state index in [-0.39, 0.29) is 5.91 Å². The van der Waals surface area contributed by atoms with E-state index in [0.717, 1.165) is 0 Å². The first-order chi connectivity index (χ1) is 14.7. The summed E-state index contributed by atoms with van der Waals surface area (Å²) in [5, 5.41) is 2.86. The molecule has 0 heterocycles. The van der Waals surface area contributed by atoms with E-state index in [2.05, 4.69) is 5.32 Å². The molecule has 6 nitrogen and oxygen atoms in total. The van der Waals surface area contributed by atoms with Gasteiger partial charge in [0.15, 0.2) is 5.75 Å². The van der Waals surface area contributed by atoms with Crippen molar-refractivity contribution < 1.29 is 23.8 Å². The molecule has 31 heavy (non-hydrogen) atoms. The summed E-state index contributed by atoms with van der Waals surface area (Å²) in [5.41, 5.74) is 0.896. The molecule has 0 radical (unpaired) electrons. The van der Waals surface area contributed by atoms with Gasteiger partial charge in [-0.3, -0.25) is 4.79 Å². The van der Waals surface area contributed by atoms with Gasteiger partial charge in [0.2, 0.25) is 0 Å². The molecule has 1 amide bonds. The van der Waals surface area contributed by atoms with Gasteiger partial charge in [0.05, 0.1) is 18.4 Å². The van der Waals surface area contributed by atoms with Gasteiger partial charge >= 0.3 is 5.97 Å². The number of hydrogen-bond acceptors (Lipinski definition) is 5. The van der Waals surface area contributed by atoms with Crippen LogP contribution in [0.1, 0.15) is 41.5 Å². The van der Waals surface area contributed by atoms with E-state index >= 15 is 0 Å². The topological polar surface area (TPSA) is 73.9 Å². The molecule has 0 aromatic heterocycles. The Bertz CT molecular complexity index is 1050. The first kappa shape index (κ1) is 21.9. The van der Waals surface area contributed by atoms with E-state index in [4.69, 9.17) is 14.2 Å². The van der Waals surface area contributed by atoms with E-state index in [9.17, 15) is 9.59 Å². The monoisotopic (exact) mass is 419 g/mol. The number of methoxy groups -OCH3 is 1. The second-order valence-corrected chi connectivity index (χ2v) is 7.81. The Hall–Kier alpha value is -3.80. The predicted molar refractivity (Wildman–Crippen MR) is 119 cm³/mol. The zero-order chi connectivity index (χ0) is 22.4. The van der Waals surface area contributed by atoms with Crippen LogP contribution in [0.5, 0.6) is 17.2 Å². The highest BCUT2D eigenvalue weighted by atomic mass is 16.6. The largest absolute Gasteiger partial charge is 0.497 e. The van der Waals surface area contributed by atoms with Gasteiger partial charge in [-0.1, -0.05) is 12.1 Å². The van der Waals surface area contributed by atoms with Crippen molar-refractivity contribution in [2.24, 2.45) is 0 Å². The standard InChI is InChI=1S/C25H25NO5/c1-25(2,3)31-24(28)18-11-15-20(16-12-18)30-22-8-6-5-7-21(22)26-23(27)17-9-13-19(29-4)14-10-17/h5-16H,1-4H3,(H,26,27). The van der Waals surface area contributed by atoms with Crippen molar-refractivity contribution in [1.29, 1.82) is 0 Å². The summed E-state index contributed by atoms with van der Waals surface area (Å²) in [5.74, 6) is 1.02. The highest BCUT2D eigenvalue weighted by molar-refractivity contribution is 6.05. The van der Waals surface area contributed by atoms with Crippen LogP contribution in [0.3, 0.4) is 0 Å². The Balaban J connectivity index is 1.71. The summed E-state index contributed by atoms with van der Waals surface area (Å²) >= 11 is 0. The van der Waals surface area contributed by atoms with Crippen molar-refractivity contribution in [1.82, 2.24) is 0 Å². The van der Waals surface area contributed by atoms with Crippen molar-refractivity contribution >= 4 is 17.6 Å². The molecular formula is C25H25NO5. The molecule has 0 saturated carbocycles. The molecule has 0 saturated heterocycles. The Labute approximate surface area is 181 Å². The van der Waals surface area contributed by atoms with Crippen LogP contribution in [0.25, 0.3) is 0 Å². The number of benzene rings is 3. The van der Waals surface area contributed by atoms with Gasteiger partial charge < -0.3 is 19.5 Å². The van der Waals surface area contributed by atoms with Crippen LogP contribution in [0.4, 0.5) is 5.69 Å². The van der Waals surface area contributed by atoms with Crippen LogP contribution in [0.15, 0.2) is 72.8 Å². The van der Waals surface area contributed by atoms with E-state index in [1.54, 1.807) is 67.8 Å². The average Bonchev–Trinajstić information content (AvgIpc) is 2.74. The maximum atomic E-state index is 12.6. The number of para-hydroxylation sites is 2. The maximum absolute atomic E-state index is 12.6. The lowest BCUT2D eigenvalue weighted by Gasteiger charge is -2.19. The minimum absolute atomic E-state index is 0.265. The smallest absolute Gasteiger partial charge is 0.338 e. The number of rotatable bonds is 6. The molecule has 0 fully saturated rings. The first-order valence-electron chi connectivity index (χ1n) is 9.81. The minimum atomic E-state index is -0.562. The molecule has 3 rings (SSSR count). The fraction of sp³-hybridized carbons (Fsp3) is 0.200. The van der Waals surface area contributed by atoms with Gasteiger partial charge in [0.1, 0.15) is 17.1 Å². The van der Waals surface area contributed by atoms with Crippen molar-refractivity contribution in [2.45, 2.75) is 26.4 Å². The van der Waals surface area contributed by atoms with Gasteiger partial charge in [-0.15, -0.1) is 0 Å². The SMILES string of the molecule is COc1ccc(C(=O)Nc2ccccc2Oc2ccc(C(=O)OC(C)(C)C)cc2)cc1. The van der Waals surface area contributed by atoms with E-state index in [1.165, 1.54) is 0 Å². The molecule has 0 unspecified atom stereocenters. The third-order valence-corrected chi connectivity index (χ3v) is 4.20. The van der Waals surface area contributed by atoms with E-state index in [0.29, 0.717) is 34.1 Å². The Morgan fingerprint density at radius 1 is 0.774 bits per heavy atom. The van der Waals surface area contributed by atoms with Crippen molar-refractivity contribution in [3.63, 3.8) is 0 Å². The molecule has 1 N–H and O–H groups in total. The molecular weight excluding hydrogens is 394 g/mol. The molecule has 0 aliphatic heterocycles. The average molecular weight is 419 g/mol. The summed E-state index contributed by atoms with van der Waals surface area (Å²) in [4.78, 5) is 24.8. The van der Waals surface area contributed by atoms with Crippen LogP contribution in [0, 0.1) is 0 Å². The molecule has 0 atom stereocenters. The van der Waals surface area contributed by atoms with Crippen LogP contribution >= 0.6 is 0 Å². The number of nitrogens with one attached hydrogen (secondary N) is 1. The third kappa shape index (κ3) is 6.09. The number of amides is 1. The predicted octanol–water partition coefficient (Wildman–Crippen LogP) is 5.70. The number of esters is 1. The molecule has 0 spiro atoms. The molecule has 0 aliphatic carbocycles. The first-order valence-corrected chi connectivity index (χ1v) is 9.81. The van der Waals surface area contributed by atoms with Crippen molar-refractivity contribution in [2.75, 3.05) is 12.4 Å². The lowest BCUT2D eigenvalue weighted by Crippen LogP contribution is -2.23. The Morgan fingerprint density at radius 3 is 1.97 bits per heavy atom. The summed E-state index contributed by atoms with van der Waals surface area (Å²) < 4.78 is 16.4. The lowest BCUT2D eigenvalue weighted by molar-refractivity contribution is 0.00694. The molecule has 3 aromatic rings. The molecule has 160 valence electrons. The fourth-order valence-corrected chi connectivity index (χ4v) is 2.72. The number of ether oxygens (including phenoxy) is 3. The highest BCUT2D eigenvalue weighted by Gasteiger charge is 2.18. The van der Waals surface area contributed by atoms with Gasteiger partial charge in [0.25, 0.3) is 5.91 Å². The summed E-state index contributed by atoms with van der Waals surface area (Å²) in [7, 11) is 1.57. The fourth-order valence-electron chi connectivity index (χ4n) is 2.72. The van der Waals surface area contributed by atoms with Crippen LogP contribution in [-0.2, 0) is 4.74 Å². The Morgan fingerprint density at radius 2 is 1.35 bits per heavy atom. The second kappa shape index (κ2) is 9.34. The maximum Gasteiger partial charge on any atom is 0.338 e. The molecule has 0 bridgehead atoms. The summed E-state index contributed by atoms with van der Waals surface area (Å²) in [6, 6.07) is 20.6. The second-order valence-electron chi connectivity index (χ2n) is 7.81. The van der Waals surface area contributed by atoms with Crippen molar-refractivity contribution in [3.8, 4) is 17.2 Å². The highest BCUT2D eigenvalue weighted by Crippen LogP contribution is 2.30. The van der Waals surface area contributed by atoms with E-state index in [1.807, 2.05) is 32.9 Å². The normalized spacial score (nSPS) is 10.8. The number of hydrogen-bond donors (Lipinski definition) is 1. The van der Waals surface area contributed by atoms with Gasteiger partial charge in [0, 0.05) is 5.56 Å². The van der Waals surface area contributed by atoms with Gasteiger partial charge in [-0.25, -0.2) is 4.79 Å². The quantitative estimate of drug-likeness (QED) is 0.519. The number of carbonyl (C=O) groups is 2. The van der Waals surface area contributed by atoms with Crippen LogP contribution in [-0.4, -0.2) is 24.6 Å². The van der Waals surface area contributed by atoms with Crippen molar-refractivity contribution in [3.05, 3.63) is 83.9 Å². The van der Waals surface area contributed by atoms with Gasteiger partial charge in [-0.05, 0) is 81.4 Å². The zero-order valence-electron chi connectivity index (χ0n) is 18.0. The van der Waals surface area contributed by atoms with Gasteiger partial charge in [-0.2, -0.15) is 0 Å². The third-order valence-electron chi connectivity index (χ3n) is 4.20. The lowest BCUT2D eigenvalue weighted by atomic mass is 10.1. The van der Waals surface area contributed by atoms with E-state index < -0.39 is 11.6 Å². The van der Waals surface area contributed by atoms with Crippen LogP contribution in [0.2, 0.25) is 0 Å². The number of anilines is 1. The minimum Gasteiger partial charge on any atom is -0.497 e.